The lowest BCUT2D eigenvalue weighted by Crippen LogP contribution is -2.39. The first kappa shape index (κ1) is 12.5. The second-order valence-corrected chi connectivity index (χ2v) is 6.27. The molecule has 2 unspecified atom stereocenters. The molecule has 0 heterocycles. The zero-order valence-corrected chi connectivity index (χ0v) is 10.6. The Bertz CT molecular complexity index is 217. The summed E-state index contributed by atoms with van der Waals surface area (Å²) >= 11 is 0. The minimum Gasteiger partial charge on any atom is -0.353 e. The third-order valence-corrected chi connectivity index (χ3v) is 2.99. The number of carbonyl (C=O) groups is 1. The summed E-state index contributed by atoms with van der Waals surface area (Å²) in [6, 6.07) is 0.434. The SMILES string of the molecule is CC1CCCC(NC(=O)CC(C)(C)C)C1. The number of rotatable bonds is 2. The molecular weight excluding hydrogens is 186 g/mol. The first-order valence-corrected chi connectivity index (χ1v) is 6.16. The van der Waals surface area contributed by atoms with E-state index in [-0.39, 0.29) is 11.3 Å². The highest BCUT2D eigenvalue weighted by molar-refractivity contribution is 5.76. The van der Waals surface area contributed by atoms with Crippen LogP contribution in [-0.2, 0) is 4.79 Å². The molecule has 2 heteroatoms. The summed E-state index contributed by atoms with van der Waals surface area (Å²) in [6.45, 7) is 8.60. The van der Waals surface area contributed by atoms with Gasteiger partial charge in [0.1, 0.15) is 0 Å². The second kappa shape index (κ2) is 5.00. The van der Waals surface area contributed by atoms with Crippen LogP contribution in [0, 0.1) is 11.3 Å². The number of carbonyl (C=O) groups excluding carboxylic acids is 1. The maximum Gasteiger partial charge on any atom is 0.220 e. The molecule has 15 heavy (non-hydrogen) atoms. The molecule has 0 saturated heterocycles. The Labute approximate surface area is 93.8 Å². The van der Waals surface area contributed by atoms with Gasteiger partial charge < -0.3 is 5.32 Å². The zero-order chi connectivity index (χ0) is 11.5. The highest BCUT2D eigenvalue weighted by Crippen LogP contribution is 2.24. The van der Waals surface area contributed by atoms with Gasteiger partial charge in [-0.3, -0.25) is 4.79 Å². The Kier molecular flexibility index (Phi) is 4.18. The van der Waals surface area contributed by atoms with Crippen molar-refractivity contribution >= 4 is 5.91 Å². The summed E-state index contributed by atoms with van der Waals surface area (Å²) in [5, 5.41) is 3.17. The molecule has 0 bridgehead atoms. The lowest BCUT2D eigenvalue weighted by atomic mass is 9.86. The summed E-state index contributed by atoms with van der Waals surface area (Å²) in [7, 11) is 0. The predicted molar refractivity (Wildman–Crippen MR) is 63.6 cm³/mol. The molecule has 0 aliphatic heterocycles. The summed E-state index contributed by atoms with van der Waals surface area (Å²) in [6.07, 6.45) is 5.56. The van der Waals surface area contributed by atoms with Crippen molar-refractivity contribution in [1.29, 1.82) is 0 Å². The average molecular weight is 211 g/mol. The van der Waals surface area contributed by atoms with E-state index in [1.165, 1.54) is 19.3 Å². The average Bonchev–Trinajstić information content (AvgIpc) is 1.99. The maximum absolute atomic E-state index is 11.7. The molecule has 2 nitrogen and oxygen atoms in total. The first-order chi connectivity index (χ1) is 6.87. The standard InChI is InChI=1S/C13H25NO/c1-10-6-5-7-11(8-10)14-12(15)9-13(2,3)4/h10-11H,5-9H2,1-4H3,(H,14,15). The van der Waals surface area contributed by atoms with Gasteiger partial charge in [0.25, 0.3) is 0 Å². The molecule has 0 spiro atoms. The lowest BCUT2D eigenvalue weighted by Gasteiger charge is -2.28. The molecule has 1 fully saturated rings. The van der Waals surface area contributed by atoms with Crippen molar-refractivity contribution in [3.05, 3.63) is 0 Å². The molecule has 1 N–H and O–H groups in total. The summed E-state index contributed by atoms with van der Waals surface area (Å²) < 4.78 is 0. The van der Waals surface area contributed by atoms with Crippen molar-refractivity contribution < 1.29 is 4.79 Å². The fourth-order valence-electron chi connectivity index (χ4n) is 2.33. The van der Waals surface area contributed by atoms with E-state index in [0.29, 0.717) is 12.5 Å². The number of nitrogens with one attached hydrogen (secondary N) is 1. The maximum atomic E-state index is 11.7. The Morgan fingerprint density at radius 1 is 1.33 bits per heavy atom. The van der Waals surface area contributed by atoms with Gasteiger partial charge in [-0.2, -0.15) is 0 Å². The molecule has 2 atom stereocenters. The van der Waals surface area contributed by atoms with Gasteiger partial charge in [-0.15, -0.1) is 0 Å². The quantitative estimate of drug-likeness (QED) is 0.747. The van der Waals surface area contributed by atoms with Crippen LogP contribution in [0.4, 0.5) is 0 Å². The normalized spacial score (nSPS) is 27.5. The molecule has 1 aliphatic rings. The number of amides is 1. The molecule has 1 amide bonds. The molecule has 0 aromatic heterocycles. The second-order valence-electron chi connectivity index (χ2n) is 6.27. The van der Waals surface area contributed by atoms with E-state index in [9.17, 15) is 4.79 Å². The van der Waals surface area contributed by atoms with E-state index in [2.05, 4.69) is 33.0 Å². The molecule has 0 aromatic carbocycles. The third-order valence-electron chi connectivity index (χ3n) is 2.99. The Morgan fingerprint density at radius 2 is 2.00 bits per heavy atom. The van der Waals surface area contributed by atoms with E-state index in [0.717, 1.165) is 12.3 Å². The Hall–Kier alpha value is -0.530. The van der Waals surface area contributed by atoms with Gasteiger partial charge in [0.15, 0.2) is 0 Å². The van der Waals surface area contributed by atoms with E-state index >= 15 is 0 Å². The molecular formula is C13H25NO. The van der Waals surface area contributed by atoms with Crippen LogP contribution >= 0.6 is 0 Å². The molecule has 0 aromatic rings. The van der Waals surface area contributed by atoms with Crippen LogP contribution in [0.1, 0.15) is 59.8 Å². The van der Waals surface area contributed by atoms with Crippen molar-refractivity contribution in [2.24, 2.45) is 11.3 Å². The summed E-state index contributed by atoms with van der Waals surface area (Å²) in [4.78, 5) is 11.7. The van der Waals surface area contributed by atoms with Crippen molar-refractivity contribution in [3.63, 3.8) is 0 Å². The Morgan fingerprint density at radius 3 is 2.53 bits per heavy atom. The van der Waals surface area contributed by atoms with Gasteiger partial charge in [-0.05, 0) is 24.2 Å². The largest absolute Gasteiger partial charge is 0.353 e. The van der Waals surface area contributed by atoms with Crippen LogP contribution < -0.4 is 5.32 Å². The minimum atomic E-state index is 0.102. The third kappa shape index (κ3) is 5.19. The summed E-state index contributed by atoms with van der Waals surface area (Å²) in [5.41, 5.74) is 0.102. The highest BCUT2D eigenvalue weighted by atomic mass is 16.1. The van der Waals surface area contributed by atoms with E-state index in [1.807, 2.05) is 0 Å². The van der Waals surface area contributed by atoms with E-state index in [1.54, 1.807) is 0 Å². The van der Waals surface area contributed by atoms with Gasteiger partial charge in [0.2, 0.25) is 5.91 Å². The fourth-order valence-corrected chi connectivity index (χ4v) is 2.33. The van der Waals surface area contributed by atoms with Crippen LogP contribution in [0.25, 0.3) is 0 Å². The number of hydrogen-bond donors (Lipinski definition) is 1. The van der Waals surface area contributed by atoms with Crippen LogP contribution in [0.5, 0.6) is 0 Å². The minimum absolute atomic E-state index is 0.102. The topological polar surface area (TPSA) is 29.1 Å². The number of hydrogen-bond acceptors (Lipinski definition) is 1. The molecule has 1 aliphatic carbocycles. The summed E-state index contributed by atoms with van der Waals surface area (Å²) in [5.74, 6) is 1.00. The van der Waals surface area contributed by atoms with Crippen molar-refractivity contribution in [3.8, 4) is 0 Å². The Balaban J connectivity index is 2.31. The molecule has 1 rings (SSSR count). The fraction of sp³-hybridized carbons (Fsp3) is 0.923. The van der Waals surface area contributed by atoms with Crippen molar-refractivity contribution in [1.82, 2.24) is 5.32 Å². The van der Waals surface area contributed by atoms with Crippen LogP contribution in [0.15, 0.2) is 0 Å². The zero-order valence-electron chi connectivity index (χ0n) is 10.6. The molecule has 0 radical (unpaired) electrons. The van der Waals surface area contributed by atoms with Gasteiger partial charge in [-0.25, -0.2) is 0 Å². The van der Waals surface area contributed by atoms with Gasteiger partial charge in [-0.1, -0.05) is 40.5 Å². The van der Waals surface area contributed by atoms with Gasteiger partial charge in [0, 0.05) is 12.5 Å². The van der Waals surface area contributed by atoms with E-state index in [4.69, 9.17) is 0 Å². The molecule has 1 saturated carbocycles. The highest BCUT2D eigenvalue weighted by Gasteiger charge is 2.22. The predicted octanol–water partition coefficient (Wildman–Crippen LogP) is 3.12. The molecule has 88 valence electrons. The van der Waals surface area contributed by atoms with Crippen molar-refractivity contribution in [2.45, 2.75) is 65.8 Å². The smallest absolute Gasteiger partial charge is 0.220 e. The first-order valence-electron chi connectivity index (χ1n) is 6.16. The van der Waals surface area contributed by atoms with Gasteiger partial charge in [0.05, 0.1) is 0 Å². The monoisotopic (exact) mass is 211 g/mol. The lowest BCUT2D eigenvalue weighted by molar-refractivity contribution is -0.123. The van der Waals surface area contributed by atoms with Crippen LogP contribution in [0.2, 0.25) is 0 Å². The van der Waals surface area contributed by atoms with E-state index < -0.39 is 0 Å². The van der Waals surface area contributed by atoms with Crippen LogP contribution in [-0.4, -0.2) is 11.9 Å². The van der Waals surface area contributed by atoms with Gasteiger partial charge >= 0.3 is 0 Å². The van der Waals surface area contributed by atoms with Crippen molar-refractivity contribution in [2.75, 3.05) is 0 Å². The van der Waals surface area contributed by atoms with Crippen LogP contribution in [0.3, 0.4) is 0 Å².